The predicted molar refractivity (Wildman–Crippen MR) is 79.3 cm³/mol. The number of nitrogens with zero attached hydrogens (tertiary/aromatic N) is 2. The average molecular weight is 270 g/mol. The molecule has 0 unspecified atom stereocenters. The summed E-state index contributed by atoms with van der Waals surface area (Å²) >= 11 is 0. The van der Waals surface area contributed by atoms with Crippen molar-refractivity contribution >= 4 is 11.7 Å². The monoisotopic (exact) mass is 270 g/mol. The van der Waals surface area contributed by atoms with Crippen molar-refractivity contribution in [3.8, 4) is 5.75 Å². The first kappa shape index (κ1) is 14.1. The lowest BCUT2D eigenvalue weighted by Gasteiger charge is -2.21. The summed E-state index contributed by atoms with van der Waals surface area (Å²) in [5, 5.41) is 0. The number of aromatic nitrogens is 1. The fourth-order valence-corrected chi connectivity index (χ4v) is 2.07. The second kappa shape index (κ2) is 6.19. The topological polar surface area (TPSA) is 42.4 Å². The maximum absolute atomic E-state index is 12.6. The molecule has 1 heterocycles. The Bertz CT molecular complexity index is 597. The van der Waals surface area contributed by atoms with Gasteiger partial charge in [-0.3, -0.25) is 9.69 Å². The van der Waals surface area contributed by atoms with Crippen LogP contribution < -0.4 is 9.64 Å². The fraction of sp³-hybridized carbons (Fsp3) is 0.250. The molecule has 4 heteroatoms. The second-order valence-electron chi connectivity index (χ2n) is 4.42. The van der Waals surface area contributed by atoms with Crippen LogP contribution in [-0.4, -0.2) is 24.5 Å². The molecule has 0 aliphatic carbocycles. The minimum absolute atomic E-state index is 0.0497. The van der Waals surface area contributed by atoms with Gasteiger partial charge in [0.05, 0.1) is 7.11 Å². The second-order valence-corrected chi connectivity index (χ2v) is 4.42. The summed E-state index contributed by atoms with van der Waals surface area (Å²) in [5.41, 5.74) is 1.56. The van der Waals surface area contributed by atoms with E-state index in [0.717, 1.165) is 11.3 Å². The number of ether oxygens (including phenoxy) is 1. The third-order valence-electron chi connectivity index (χ3n) is 3.15. The van der Waals surface area contributed by atoms with Crippen molar-refractivity contribution in [2.45, 2.75) is 13.8 Å². The molecule has 0 aliphatic heterocycles. The van der Waals surface area contributed by atoms with E-state index in [0.29, 0.717) is 17.9 Å². The predicted octanol–water partition coefficient (Wildman–Crippen LogP) is 3.07. The molecular weight excluding hydrogens is 252 g/mol. The molecule has 0 bridgehead atoms. The smallest absolute Gasteiger partial charge is 0.259 e. The number of anilines is 1. The molecule has 4 nitrogen and oxygen atoms in total. The summed E-state index contributed by atoms with van der Waals surface area (Å²) in [4.78, 5) is 18.5. The highest BCUT2D eigenvalue weighted by Gasteiger charge is 2.18. The molecule has 0 radical (unpaired) electrons. The third kappa shape index (κ3) is 2.79. The molecule has 0 saturated carbocycles. The maximum Gasteiger partial charge on any atom is 0.259 e. The van der Waals surface area contributed by atoms with E-state index in [-0.39, 0.29) is 5.91 Å². The van der Waals surface area contributed by atoms with E-state index in [4.69, 9.17) is 4.74 Å². The SMILES string of the molecule is CCN(C(=O)c1ccc(OC)cc1C)c1ccccn1. The van der Waals surface area contributed by atoms with E-state index in [9.17, 15) is 4.79 Å². The van der Waals surface area contributed by atoms with Gasteiger partial charge in [-0.05, 0) is 49.7 Å². The Hall–Kier alpha value is -2.36. The van der Waals surface area contributed by atoms with Crippen molar-refractivity contribution in [3.05, 3.63) is 53.7 Å². The van der Waals surface area contributed by atoms with E-state index in [1.807, 2.05) is 38.1 Å². The highest BCUT2D eigenvalue weighted by atomic mass is 16.5. The van der Waals surface area contributed by atoms with Crippen LogP contribution >= 0.6 is 0 Å². The molecule has 20 heavy (non-hydrogen) atoms. The number of rotatable bonds is 4. The van der Waals surface area contributed by atoms with Gasteiger partial charge in [0.2, 0.25) is 0 Å². The largest absolute Gasteiger partial charge is 0.497 e. The summed E-state index contributed by atoms with van der Waals surface area (Å²) in [6, 6.07) is 11.0. The van der Waals surface area contributed by atoms with Gasteiger partial charge < -0.3 is 4.74 Å². The van der Waals surface area contributed by atoms with Crippen LogP contribution in [0.3, 0.4) is 0 Å². The van der Waals surface area contributed by atoms with Crippen molar-refractivity contribution in [1.29, 1.82) is 0 Å². The van der Waals surface area contributed by atoms with Gasteiger partial charge in [-0.2, -0.15) is 0 Å². The van der Waals surface area contributed by atoms with Crippen LogP contribution in [0, 0.1) is 6.92 Å². The van der Waals surface area contributed by atoms with Crippen LogP contribution in [0.25, 0.3) is 0 Å². The van der Waals surface area contributed by atoms with Gasteiger partial charge in [-0.25, -0.2) is 4.98 Å². The van der Waals surface area contributed by atoms with E-state index in [1.54, 1.807) is 30.3 Å². The molecule has 1 aromatic carbocycles. The molecule has 0 atom stereocenters. The molecule has 0 saturated heterocycles. The first-order valence-corrected chi connectivity index (χ1v) is 6.55. The number of hydrogen-bond acceptors (Lipinski definition) is 3. The number of aryl methyl sites for hydroxylation is 1. The highest BCUT2D eigenvalue weighted by molar-refractivity contribution is 6.06. The first-order chi connectivity index (χ1) is 9.67. The minimum atomic E-state index is -0.0497. The molecule has 0 aliphatic rings. The lowest BCUT2D eigenvalue weighted by Crippen LogP contribution is -2.31. The zero-order valence-electron chi connectivity index (χ0n) is 12.0. The summed E-state index contributed by atoms with van der Waals surface area (Å²) < 4.78 is 5.16. The van der Waals surface area contributed by atoms with E-state index >= 15 is 0 Å². The van der Waals surface area contributed by atoms with Gasteiger partial charge in [-0.1, -0.05) is 6.07 Å². The molecule has 0 N–H and O–H groups in total. The van der Waals surface area contributed by atoms with Crippen LogP contribution in [-0.2, 0) is 0 Å². The fourth-order valence-electron chi connectivity index (χ4n) is 2.07. The number of pyridine rings is 1. The van der Waals surface area contributed by atoms with Crippen LogP contribution in [0.1, 0.15) is 22.8 Å². The van der Waals surface area contributed by atoms with Crippen LogP contribution in [0.2, 0.25) is 0 Å². The lowest BCUT2D eigenvalue weighted by molar-refractivity contribution is 0.0987. The number of methoxy groups -OCH3 is 1. The van der Waals surface area contributed by atoms with E-state index in [2.05, 4.69) is 4.98 Å². The summed E-state index contributed by atoms with van der Waals surface area (Å²) in [6.45, 7) is 4.41. The number of benzene rings is 1. The van der Waals surface area contributed by atoms with Gasteiger partial charge in [0.1, 0.15) is 11.6 Å². The Labute approximate surface area is 119 Å². The Morgan fingerprint density at radius 1 is 1.30 bits per heavy atom. The average Bonchev–Trinajstić information content (AvgIpc) is 2.48. The summed E-state index contributed by atoms with van der Waals surface area (Å²) in [6.07, 6.45) is 1.69. The quantitative estimate of drug-likeness (QED) is 0.857. The van der Waals surface area contributed by atoms with Crippen molar-refractivity contribution in [2.75, 3.05) is 18.6 Å². The molecule has 0 fully saturated rings. The Kier molecular flexibility index (Phi) is 4.35. The molecule has 2 rings (SSSR count). The number of carbonyl (C=O) groups excluding carboxylic acids is 1. The zero-order chi connectivity index (χ0) is 14.5. The van der Waals surface area contributed by atoms with Gasteiger partial charge >= 0.3 is 0 Å². The van der Waals surface area contributed by atoms with Gasteiger partial charge in [0.15, 0.2) is 0 Å². The molecule has 2 aromatic rings. The molecule has 104 valence electrons. The van der Waals surface area contributed by atoms with Gasteiger partial charge in [0.25, 0.3) is 5.91 Å². The maximum atomic E-state index is 12.6. The van der Waals surface area contributed by atoms with Crippen LogP contribution in [0.15, 0.2) is 42.6 Å². The Balaban J connectivity index is 2.34. The summed E-state index contributed by atoms with van der Waals surface area (Å²) in [5.74, 6) is 1.36. The molecular formula is C16H18N2O2. The number of amides is 1. The van der Waals surface area contributed by atoms with Gasteiger partial charge in [-0.15, -0.1) is 0 Å². The Morgan fingerprint density at radius 3 is 2.65 bits per heavy atom. The highest BCUT2D eigenvalue weighted by Crippen LogP contribution is 2.20. The van der Waals surface area contributed by atoms with Crippen molar-refractivity contribution in [2.24, 2.45) is 0 Å². The Morgan fingerprint density at radius 2 is 2.10 bits per heavy atom. The van der Waals surface area contributed by atoms with Crippen molar-refractivity contribution in [1.82, 2.24) is 4.98 Å². The normalized spacial score (nSPS) is 10.2. The minimum Gasteiger partial charge on any atom is -0.497 e. The molecule has 1 amide bonds. The number of hydrogen-bond donors (Lipinski definition) is 0. The van der Waals surface area contributed by atoms with E-state index in [1.165, 1.54) is 0 Å². The standard InChI is InChI=1S/C16H18N2O2/c1-4-18(15-7-5-6-10-17-15)16(19)14-9-8-13(20-3)11-12(14)2/h5-11H,4H2,1-3H3. The van der Waals surface area contributed by atoms with Crippen molar-refractivity contribution < 1.29 is 9.53 Å². The lowest BCUT2D eigenvalue weighted by atomic mass is 10.1. The van der Waals surface area contributed by atoms with Crippen molar-refractivity contribution in [3.63, 3.8) is 0 Å². The van der Waals surface area contributed by atoms with E-state index < -0.39 is 0 Å². The van der Waals surface area contributed by atoms with Crippen LogP contribution in [0.4, 0.5) is 5.82 Å². The van der Waals surface area contributed by atoms with Gasteiger partial charge in [0, 0.05) is 18.3 Å². The first-order valence-electron chi connectivity index (χ1n) is 6.55. The van der Waals surface area contributed by atoms with Crippen LogP contribution in [0.5, 0.6) is 5.75 Å². The summed E-state index contributed by atoms with van der Waals surface area (Å²) in [7, 11) is 1.61. The molecule has 0 spiro atoms. The number of carbonyl (C=O) groups is 1. The third-order valence-corrected chi connectivity index (χ3v) is 3.15. The zero-order valence-corrected chi connectivity index (χ0v) is 12.0. The molecule has 1 aromatic heterocycles.